The first-order valence-electron chi connectivity index (χ1n) is 4.08. The smallest absolute Gasteiger partial charge is 0.144 e. The maximum absolute atomic E-state index is 10.3. The average molecular weight is 153 g/mol. The molecule has 2 nitrogen and oxygen atoms in total. The highest BCUT2D eigenvalue weighted by Crippen LogP contribution is 2.33. The molecule has 11 heavy (non-hydrogen) atoms. The van der Waals surface area contributed by atoms with Crippen LogP contribution in [0.1, 0.15) is 19.3 Å². The molecule has 1 saturated carbocycles. The van der Waals surface area contributed by atoms with Gasteiger partial charge in [-0.1, -0.05) is 6.42 Å². The fourth-order valence-corrected chi connectivity index (χ4v) is 1.42. The van der Waals surface area contributed by atoms with E-state index in [1.54, 1.807) is 6.08 Å². The molecule has 2 heteroatoms. The van der Waals surface area contributed by atoms with Crippen LogP contribution in [0.2, 0.25) is 0 Å². The van der Waals surface area contributed by atoms with Gasteiger partial charge in [0.05, 0.1) is 0 Å². The molecule has 0 bridgehead atoms. The van der Waals surface area contributed by atoms with Crippen LogP contribution >= 0.6 is 0 Å². The Balaban J connectivity index is 2.58. The number of carbonyl (C=O) groups is 1. The normalized spacial score (nSPS) is 19.3. The summed E-state index contributed by atoms with van der Waals surface area (Å²) in [6, 6.07) is 0. The monoisotopic (exact) mass is 153 g/mol. The SMILES string of the molecule is CN(C)C(=CC=O)C1CCC1. The zero-order chi connectivity index (χ0) is 8.27. The van der Waals surface area contributed by atoms with Crippen molar-refractivity contribution in [3.63, 3.8) is 0 Å². The molecule has 0 N–H and O–H groups in total. The minimum atomic E-state index is 0.648. The first-order chi connectivity index (χ1) is 5.25. The Bertz CT molecular complexity index is 168. The number of aldehydes is 1. The second kappa shape index (κ2) is 3.56. The molecule has 1 aliphatic carbocycles. The van der Waals surface area contributed by atoms with Crippen molar-refractivity contribution in [2.24, 2.45) is 5.92 Å². The van der Waals surface area contributed by atoms with Crippen molar-refractivity contribution in [3.05, 3.63) is 11.8 Å². The number of hydrogen-bond acceptors (Lipinski definition) is 2. The van der Waals surface area contributed by atoms with Gasteiger partial charge in [0, 0.05) is 19.8 Å². The minimum absolute atomic E-state index is 0.648. The first kappa shape index (κ1) is 8.31. The zero-order valence-corrected chi connectivity index (χ0v) is 7.21. The Kier molecular flexibility index (Phi) is 2.69. The van der Waals surface area contributed by atoms with Gasteiger partial charge in [0.1, 0.15) is 6.29 Å². The predicted octanol–water partition coefficient (Wildman–Crippen LogP) is 1.43. The highest BCUT2D eigenvalue weighted by Gasteiger charge is 2.22. The van der Waals surface area contributed by atoms with E-state index in [0.717, 1.165) is 6.29 Å². The number of hydrogen-bond donors (Lipinski definition) is 0. The van der Waals surface area contributed by atoms with Gasteiger partial charge in [-0.3, -0.25) is 4.79 Å². The summed E-state index contributed by atoms with van der Waals surface area (Å²) in [5, 5.41) is 0. The molecule has 0 aromatic rings. The fraction of sp³-hybridized carbons (Fsp3) is 0.667. The third-order valence-electron chi connectivity index (χ3n) is 2.28. The first-order valence-corrected chi connectivity index (χ1v) is 4.08. The summed E-state index contributed by atoms with van der Waals surface area (Å²) in [6.07, 6.45) is 6.38. The Morgan fingerprint density at radius 1 is 1.45 bits per heavy atom. The lowest BCUT2D eigenvalue weighted by atomic mass is 9.82. The van der Waals surface area contributed by atoms with Gasteiger partial charge in [-0.25, -0.2) is 0 Å². The second-order valence-corrected chi connectivity index (χ2v) is 3.25. The summed E-state index contributed by atoms with van der Waals surface area (Å²) < 4.78 is 0. The third-order valence-corrected chi connectivity index (χ3v) is 2.28. The van der Waals surface area contributed by atoms with Crippen LogP contribution in [0.5, 0.6) is 0 Å². The van der Waals surface area contributed by atoms with E-state index in [1.165, 1.54) is 25.0 Å². The topological polar surface area (TPSA) is 20.3 Å². The molecule has 0 heterocycles. The summed E-state index contributed by atoms with van der Waals surface area (Å²) in [7, 11) is 3.99. The van der Waals surface area contributed by atoms with E-state index in [9.17, 15) is 4.79 Å². The molecule has 0 radical (unpaired) electrons. The lowest BCUT2D eigenvalue weighted by molar-refractivity contribution is -0.104. The van der Waals surface area contributed by atoms with E-state index in [1.807, 2.05) is 19.0 Å². The van der Waals surface area contributed by atoms with E-state index < -0.39 is 0 Å². The van der Waals surface area contributed by atoms with Gasteiger partial charge in [-0.2, -0.15) is 0 Å². The van der Waals surface area contributed by atoms with E-state index in [2.05, 4.69) is 0 Å². The summed E-state index contributed by atoms with van der Waals surface area (Å²) in [6.45, 7) is 0. The van der Waals surface area contributed by atoms with Gasteiger partial charge in [-0.15, -0.1) is 0 Å². The van der Waals surface area contributed by atoms with Crippen LogP contribution in [0.15, 0.2) is 11.8 Å². The van der Waals surface area contributed by atoms with Crippen LogP contribution in [-0.4, -0.2) is 25.3 Å². The van der Waals surface area contributed by atoms with Crippen LogP contribution in [0.3, 0.4) is 0 Å². The standard InChI is InChI=1S/C9H15NO/c1-10(2)9(6-7-11)8-4-3-5-8/h6-8H,3-5H2,1-2H3. The van der Waals surface area contributed by atoms with Crippen molar-refractivity contribution in [2.45, 2.75) is 19.3 Å². The molecule has 62 valence electrons. The van der Waals surface area contributed by atoms with Crippen LogP contribution in [0, 0.1) is 5.92 Å². The van der Waals surface area contributed by atoms with Gasteiger partial charge in [0.15, 0.2) is 0 Å². The van der Waals surface area contributed by atoms with Gasteiger partial charge < -0.3 is 4.90 Å². The summed E-state index contributed by atoms with van der Waals surface area (Å²) in [4.78, 5) is 12.3. The Hall–Kier alpha value is -0.790. The summed E-state index contributed by atoms with van der Waals surface area (Å²) >= 11 is 0. The molecule has 0 aromatic heterocycles. The maximum atomic E-state index is 10.3. The second-order valence-electron chi connectivity index (χ2n) is 3.25. The predicted molar refractivity (Wildman–Crippen MR) is 45.2 cm³/mol. The van der Waals surface area contributed by atoms with Crippen molar-refractivity contribution in [1.82, 2.24) is 4.90 Å². The molecule has 0 atom stereocenters. The van der Waals surface area contributed by atoms with Crippen LogP contribution in [-0.2, 0) is 4.79 Å². The number of nitrogens with zero attached hydrogens (tertiary/aromatic N) is 1. The maximum Gasteiger partial charge on any atom is 0.144 e. The molecule has 1 fully saturated rings. The van der Waals surface area contributed by atoms with Gasteiger partial charge in [0.2, 0.25) is 0 Å². The summed E-state index contributed by atoms with van der Waals surface area (Å²) in [5.74, 6) is 0.648. The lowest BCUT2D eigenvalue weighted by Gasteiger charge is -2.32. The van der Waals surface area contributed by atoms with Crippen LogP contribution in [0.25, 0.3) is 0 Å². The third kappa shape index (κ3) is 1.82. The molecule has 0 amide bonds. The minimum Gasteiger partial charge on any atom is -0.381 e. The highest BCUT2D eigenvalue weighted by molar-refractivity contribution is 5.66. The Morgan fingerprint density at radius 3 is 2.36 bits per heavy atom. The summed E-state index contributed by atoms with van der Waals surface area (Å²) in [5.41, 5.74) is 1.19. The number of allylic oxidation sites excluding steroid dienone is 2. The quantitative estimate of drug-likeness (QED) is 0.451. The molecular formula is C9H15NO. The molecular weight excluding hydrogens is 138 g/mol. The fourth-order valence-electron chi connectivity index (χ4n) is 1.42. The average Bonchev–Trinajstić information content (AvgIpc) is 1.82. The van der Waals surface area contributed by atoms with Gasteiger partial charge in [0.25, 0.3) is 0 Å². The van der Waals surface area contributed by atoms with Crippen LogP contribution in [0.4, 0.5) is 0 Å². The molecule has 0 unspecified atom stereocenters. The molecule has 0 aliphatic heterocycles. The van der Waals surface area contributed by atoms with E-state index in [-0.39, 0.29) is 0 Å². The Morgan fingerprint density at radius 2 is 2.09 bits per heavy atom. The van der Waals surface area contributed by atoms with Crippen molar-refractivity contribution in [1.29, 1.82) is 0 Å². The molecule has 1 rings (SSSR count). The lowest BCUT2D eigenvalue weighted by Crippen LogP contribution is -2.24. The molecule has 0 spiro atoms. The largest absolute Gasteiger partial charge is 0.381 e. The van der Waals surface area contributed by atoms with E-state index in [4.69, 9.17) is 0 Å². The van der Waals surface area contributed by atoms with Gasteiger partial charge in [-0.05, 0) is 24.8 Å². The van der Waals surface area contributed by atoms with Gasteiger partial charge >= 0.3 is 0 Å². The van der Waals surface area contributed by atoms with Crippen molar-refractivity contribution in [3.8, 4) is 0 Å². The number of rotatable bonds is 3. The molecule has 0 aromatic carbocycles. The van der Waals surface area contributed by atoms with Crippen molar-refractivity contribution < 1.29 is 4.79 Å². The Labute approximate surface area is 67.9 Å². The van der Waals surface area contributed by atoms with E-state index in [0.29, 0.717) is 5.92 Å². The number of carbonyl (C=O) groups excluding carboxylic acids is 1. The van der Waals surface area contributed by atoms with E-state index >= 15 is 0 Å². The van der Waals surface area contributed by atoms with Crippen molar-refractivity contribution in [2.75, 3.05) is 14.1 Å². The van der Waals surface area contributed by atoms with Crippen molar-refractivity contribution >= 4 is 6.29 Å². The zero-order valence-electron chi connectivity index (χ0n) is 7.21. The molecule has 1 aliphatic rings. The highest BCUT2D eigenvalue weighted by atomic mass is 16.1. The molecule has 0 saturated heterocycles. The van der Waals surface area contributed by atoms with Crippen LogP contribution < -0.4 is 0 Å².